The van der Waals surface area contributed by atoms with Gasteiger partial charge in [-0.1, -0.05) is 42.0 Å². The Labute approximate surface area is 217 Å². The summed E-state index contributed by atoms with van der Waals surface area (Å²) in [4.78, 5) is 26.2. The Bertz CT molecular complexity index is 1410. The van der Waals surface area contributed by atoms with Crippen molar-refractivity contribution in [2.24, 2.45) is 0 Å². The molecule has 194 valence electrons. The van der Waals surface area contributed by atoms with Crippen LogP contribution in [0.4, 0.5) is 11.4 Å². The quantitative estimate of drug-likeness (QED) is 0.468. The minimum absolute atomic E-state index is 0.146. The monoisotopic (exact) mass is 521 g/mol. The van der Waals surface area contributed by atoms with Gasteiger partial charge in [0, 0.05) is 6.54 Å². The summed E-state index contributed by atoms with van der Waals surface area (Å²) in [5.74, 6) is -0.211. The first-order valence-electron chi connectivity index (χ1n) is 12.0. The number of ether oxygens (including phenoxy) is 1. The Morgan fingerprint density at radius 3 is 2.32 bits per heavy atom. The van der Waals surface area contributed by atoms with Crippen LogP contribution in [0.1, 0.15) is 28.7 Å². The molecular formula is C28H31N3O5S. The molecule has 0 saturated heterocycles. The summed E-state index contributed by atoms with van der Waals surface area (Å²) in [7, 11) is -2.57. The van der Waals surface area contributed by atoms with Crippen molar-refractivity contribution in [3.8, 4) is 5.75 Å². The molecule has 0 aromatic heterocycles. The van der Waals surface area contributed by atoms with E-state index >= 15 is 0 Å². The van der Waals surface area contributed by atoms with Gasteiger partial charge in [-0.25, -0.2) is 8.42 Å². The van der Waals surface area contributed by atoms with Crippen molar-refractivity contribution in [3.05, 3.63) is 82.9 Å². The molecule has 0 radical (unpaired) electrons. The standard InChI is InChI=1S/C28H31N3O5S/c1-18-15-19(2)27(20(3)16-18)37(34,35)31-24-8-6-5-7-23(24)30-28(33)25(31)17-26(32)29-14-13-21-9-11-22(36-4)12-10-21/h5-12,15-16,25H,13-14,17H2,1-4H3,(H,29,32)(H,30,33). The van der Waals surface area contributed by atoms with E-state index < -0.39 is 27.9 Å². The lowest BCUT2D eigenvalue weighted by Gasteiger charge is -2.37. The molecule has 0 spiro atoms. The van der Waals surface area contributed by atoms with Gasteiger partial charge >= 0.3 is 0 Å². The molecule has 3 aromatic carbocycles. The molecule has 2 N–H and O–H groups in total. The Balaban J connectivity index is 1.60. The molecule has 0 aliphatic carbocycles. The second-order valence-corrected chi connectivity index (χ2v) is 11.0. The number of aryl methyl sites for hydroxylation is 3. The third kappa shape index (κ3) is 5.46. The van der Waals surface area contributed by atoms with Crippen LogP contribution in [0.3, 0.4) is 0 Å². The highest BCUT2D eigenvalue weighted by Crippen LogP contribution is 2.38. The third-order valence-corrected chi connectivity index (χ3v) is 8.51. The Morgan fingerprint density at radius 1 is 1.03 bits per heavy atom. The maximum atomic E-state index is 14.1. The fourth-order valence-electron chi connectivity index (χ4n) is 4.79. The number of sulfonamides is 1. The van der Waals surface area contributed by atoms with Crippen LogP contribution in [0.5, 0.6) is 5.75 Å². The molecule has 1 aliphatic rings. The van der Waals surface area contributed by atoms with Gasteiger partial charge in [0.05, 0.1) is 29.8 Å². The fourth-order valence-corrected chi connectivity index (χ4v) is 6.84. The summed E-state index contributed by atoms with van der Waals surface area (Å²) < 4.78 is 34.5. The predicted molar refractivity (Wildman–Crippen MR) is 144 cm³/mol. The van der Waals surface area contributed by atoms with Crippen molar-refractivity contribution in [1.82, 2.24) is 5.32 Å². The van der Waals surface area contributed by atoms with E-state index in [2.05, 4.69) is 10.6 Å². The summed E-state index contributed by atoms with van der Waals surface area (Å²) in [5, 5.41) is 5.58. The van der Waals surface area contributed by atoms with Gasteiger partial charge in [-0.15, -0.1) is 0 Å². The van der Waals surface area contributed by atoms with Crippen LogP contribution in [0, 0.1) is 20.8 Å². The maximum absolute atomic E-state index is 14.1. The van der Waals surface area contributed by atoms with E-state index in [1.54, 1.807) is 57.4 Å². The number of hydrogen-bond donors (Lipinski definition) is 2. The molecule has 2 amide bonds. The Morgan fingerprint density at radius 2 is 1.68 bits per heavy atom. The maximum Gasteiger partial charge on any atom is 0.265 e. The van der Waals surface area contributed by atoms with Gasteiger partial charge in [0.2, 0.25) is 11.8 Å². The van der Waals surface area contributed by atoms with E-state index in [0.717, 1.165) is 21.2 Å². The van der Waals surface area contributed by atoms with Crippen LogP contribution in [0.15, 0.2) is 65.6 Å². The fraction of sp³-hybridized carbons (Fsp3) is 0.286. The zero-order valence-corrected chi connectivity index (χ0v) is 22.2. The number of benzene rings is 3. The first-order chi connectivity index (χ1) is 17.6. The van der Waals surface area contributed by atoms with E-state index in [0.29, 0.717) is 35.5 Å². The van der Waals surface area contributed by atoms with Gasteiger partial charge in [0.25, 0.3) is 10.0 Å². The number of fused-ring (bicyclic) bond motifs is 1. The highest BCUT2D eigenvalue weighted by atomic mass is 32.2. The first-order valence-corrected chi connectivity index (χ1v) is 13.5. The highest BCUT2D eigenvalue weighted by Gasteiger charge is 2.42. The number of nitrogens with zero attached hydrogens (tertiary/aromatic N) is 1. The van der Waals surface area contributed by atoms with Crippen molar-refractivity contribution in [1.29, 1.82) is 0 Å². The molecule has 1 unspecified atom stereocenters. The van der Waals surface area contributed by atoms with Crippen molar-refractivity contribution < 1.29 is 22.7 Å². The highest BCUT2D eigenvalue weighted by molar-refractivity contribution is 7.93. The van der Waals surface area contributed by atoms with E-state index in [1.165, 1.54) is 0 Å². The van der Waals surface area contributed by atoms with Gasteiger partial charge in [0.15, 0.2) is 0 Å². The van der Waals surface area contributed by atoms with E-state index in [1.807, 2.05) is 31.2 Å². The van der Waals surface area contributed by atoms with Crippen LogP contribution in [-0.4, -0.2) is 39.9 Å². The third-order valence-electron chi connectivity index (χ3n) is 6.38. The van der Waals surface area contributed by atoms with Crippen LogP contribution in [0.25, 0.3) is 0 Å². The van der Waals surface area contributed by atoms with Crippen LogP contribution < -0.4 is 19.7 Å². The van der Waals surface area contributed by atoms with Crippen molar-refractivity contribution in [2.75, 3.05) is 23.3 Å². The largest absolute Gasteiger partial charge is 0.497 e. The zero-order valence-electron chi connectivity index (χ0n) is 21.4. The van der Waals surface area contributed by atoms with Gasteiger partial charge < -0.3 is 15.4 Å². The lowest BCUT2D eigenvalue weighted by Crippen LogP contribution is -2.53. The van der Waals surface area contributed by atoms with E-state index in [4.69, 9.17) is 4.74 Å². The molecule has 0 fully saturated rings. The summed E-state index contributed by atoms with van der Waals surface area (Å²) in [6.07, 6.45) is 0.269. The average Bonchev–Trinajstić information content (AvgIpc) is 2.84. The lowest BCUT2D eigenvalue weighted by molar-refractivity contribution is -0.125. The molecule has 0 bridgehead atoms. The van der Waals surface area contributed by atoms with E-state index in [9.17, 15) is 18.0 Å². The minimum Gasteiger partial charge on any atom is -0.497 e. The number of methoxy groups -OCH3 is 1. The number of anilines is 2. The minimum atomic E-state index is -4.17. The smallest absolute Gasteiger partial charge is 0.265 e. The van der Waals surface area contributed by atoms with Gasteiger partial charge in [0.1, 0.15) is 11.8 Å². The predicted octanol–water partition coefficient (Wildman–Crippen LogP) is 3.89. The second-order valence-electron chi connectivity index (χ2n) is 9.20. The van der Waals surface area contributed by atoms with Crippen LogP contribution >= 0.6 is 0 Å². The number of carbonyl (C=O) groups is 2. The molecule has 0 saturated carbocycles. The van der Waals surface area contributed by atoms with Crippen molar-refractivity contribution >= 4 is 33.2 Å². The number of rotatable bonds is 8. The molecule has 1 atom stereocenters. The molecule has 37 heavy (non-hydrogen) atoms. The lowest BCUT2D eigenvalue weighted by atomic mass is 10.1. The summed E-state index contributed by atoms with van der Waals surface area (Å²) >= 11 is 0. The molecule has 3 aromatic rings. The number of nitrogens with one attached hydrogen (secondary N) is 2. The van der Waals surface area contributed by atoms with Crippen molar-refractivity contribution in [2.45, 2.75) is 44.6 Å². The molecular weight excluding hydrogens is 490 g/mol. The Hall–Kier alpha value is -3.85. The normalized spacial score (nSPS) is 15.1. The van der Waals surface area contributed by atoms with Gasteiger partial charge in [-0.2, -0.15) is 0 Å². The summed E-state index contributed by atoms with van der Waals surface area (Å²) in [6, 6.07) is 16.6. The number of hydrogen-bond acceptors (Lipinski definition) is 5. The topological polar surface area (TPSA) is 105 Å². The molecule has 4 rings (SSSR count). The summed E-state index contributed by atoms with van der Waals surface area (Å²) in [5.41, 5.74) is 3.85. The van der Waals surface area contributed by atoms with Gasteiger partial charge in [-0.3, -0.25) is 13.9 Å². The van der Waals surface area contributed by atoms with Crippen LogP contribution in [-0.2, 0) is 26.0 Å². The Kier molecular flexibility index (Phi) is 7.54. The molecule has 9 heteroatoms. The second kappa shape index (κ2) is 10.6. The van der Waals surface area contributed by atoms with Gasteiger partial charge in [-0.05, 0) is 68.1 Å². The molecule has 1 aliphatic heterocycles. The first kappa shape index (κ1) is 26.2. The average molecular weight is 522 g/mol. The molecule has 1 heterocycles. The molecule has 8 nitrogen and oxygen atoms in total. The summed E-state index contributed by atoms with van der Waals surface area (Å²) in [6.45, 7) is 5.73. The van der Waals surface area contributed by atoms with Crippen LogP contribution in [0.2, 0.25) is 0 Å². The SMILES string of the molecule is COc1ccc(CCNC(=O)CC2C(=O)Nc3ccccc3N2S(=O)(=O)c2c(C)cc(C)cc2C)cc1. The number of carbonyl (C=O) groups excluding carboxylic acids is 2. The number of amides is 2. The number of para-hydroxylation sites is 2. The zero-order chi connectivity index (χ0) is 26.7. The van der Waals surface area contributed by atoms with Crippen molar-refractivity contribution in [3.63, 3.8) is 0 Å². The van der Waals surface area contributed by atoms with E-state index in [-0.39, 0.29) is 11.3 Å².